The SMILES string of the molecule is CCCCC/C=C/C/C=C/CCCCCCCC(=O)OCC(COC(=O)CCCCCCCC(=O)OCC(CCCCCC)CCCCCCCC)OC(=O)CCCN(C)C. The zero-order valence-corrected chi connectivity index (χ0v) is 40.3. The summed E-state index contributed by atoms with van der Waals surface area (Å²) in [5.74, 6) is -0.705. The lowest BCUT2D eigenvalue weighted by molar-refractivity contribution is -0.167. The Labute approximate surface area is 375 Å². The Kier molecular flexibility index (Phi) is 43.4. The number of esters is 4. The summed E-state index contributed by atoms with van der Waals surface area (Å²) in [7, 11) is 3.89. The number of ether oxygens (including phenoxy) is 4. The van der Waals surface area contributed by atoms with Gasteiger partial charge in [-0.1, -0.05) is 161 Å². The van der Waals surface area contributed by atoms with E-state index in [4.69, 9.17) is 18.9 Å². The van der Waals surface area contributed by atoms with Crippen LogP contribution in [0.1, 0.15) is 233 Å². The van der Waals surface area contributed by atoms with Gasteiger partial charge >= 0.3 is 23.9 Å². The molecule has 9 nitrogen and oxygen atoms in total. The maximum Gasteiger partial charge on any atom is 0.306 e. The quantitative estimate of drug-likeness (QED) is 0.0256. The van der Waals surface area contributed by atoms with Gasteiger partial charge < -0.3 is 23.8 Å². The van der Waals surface area contributed by atoms with Gasteiger partial charge in [0.15, 0.2) is 6.10 Å². The molecule has 0 aromatic heterocycles. The molecule has 2 atom stereocenters. The first-order chi connectivity index (χ1) is 29.7. The molecule has 61 heavy (non-hydrogen) atoms. The number of hydrogen-bond acceptors (Lipinski definition) is 9. The van der Waals surface area contributed by atoms with Crippen molar-refractivity contribution in [3.8, 4) is 0 Å². The Morgan fingerprint density at radius 2 is 0.803 bits per heavy atom. The molecule has 9 heteroatoms. The molecule has 0 saturated carbocycles. The van der Waals surface area contributed by atoms with Crippen LogP contribution in [-0.2, 0) is 38.1 Å². The van der Waals surface area contributed by atoms with Gasteiger partial charge in [0.25, 0.3) is 0 Å². The Balaban J connectivity index is 4.37. The van der Waals surface area contributed by atoms with Crippen molar-refractivity contribution in [2.75, 3.05) is 40.5 Å². The Hall–Kier alpha value is -2.68. The fraction of sp³-hybridized carbons (Fsp3) is 0.846. The van der Waals surface area contributed by atoms with Crippen LogP contribution >= 0.6 is 0 Å². The number of hydrogen-bond donors (Lipinski definition) is 0. The molecule has 0 amide bonds. The van der Waals surface area contributed by atoms with Gasteiger partial charge in [0, 0.05) is 25.7 Å². The van der Waals surface area contributed by atoms with E-state index in [2.05, 4.69) is 45.1 Å². The Morgan fingerprint density at radius 3 is 1.30 bits per heavy atom. The van der Waals surface area contributed by atoms with Crippen molar-refractivity contribution < 1.29 is 38.1 Å². The van der Waals surface area contributed by atoms with Gasteiger partial charge in [-0.05, 0) is 97.2 Å². The summed E-state index contributed by atoms with van der Waals surface area (Å²) < 4.78 is 22.3. The summed E-state index contributed by atoms with van der Waals surface area (Å²) >= 11 is 0. The molecule has 0 fully saturated rings. The highest BCUT2D eigenvalue weighted by Crippen LogP contribution is 2.20. The van der Waals surface area contributed by atoms with E-state index < -0.39 is 12.1 Å². The molecule has 356 valence electrons. The van der Waals surface area contributed by atoms with Crippen molar-refractivity contribution >= 4 is 23.9 Å². The van der Waals surface area contributed by atoms with Crippen LogP contribution in [0.15, 0.2) is 24.3 Å². The minimum Gasteiger partial charge on any atom is -0.465 e. The van der Waals surface area contributed by atoms with Crippen LogP contribution in [0.4, 0.5) is 0 Å². The molecule has 0 radical (unpaired) electrons. The van der Waals surface area contributed by atoms with E-state index in [9.17, 15) is 19.2 Å². The molecular weight excluding hydrogens is 767 g/mol. The molecule has 0 aliphatic rings. The predicted molar refractivity (Wildman–Crippen MR) is 252 cm³/mol. The maximum atomic E-state index is 12.6. The molecule has 0 N–H and O–H groups in total. The standard InChI is InChI=1S/C52H95NO8/c1-6-9-12-15-17-18-19-20-21-22-23-24-25-28-33-40-50(55)59-45-48(61-52(57)42-36-43-53(4)5)46-60-51(56)41-35-30-26-29-34-39-49(54)58-44-47(37-31-14-11-8-3)38-32-27-16-13-10-7-2/h17-18,20-21,47-48H,6-16,19,22-46H2,1-5H3/b18-17+,21-20+. The van der Waals surface area contributed by atoms with Crippen LogP contribution < -0.4 is 0 Å². The lowest BCUT2D eigenvalue weighted by Gasteiger charge is -2.18. The van der Waals surface area contributed by atoms with Gasteiger partial charge in [0.1, 0.15) is 13.2 Å². The van der Waals surface area contributed by atoms with E-state index in [0.29, 0.717) is 38.2 Å². The minimum absolute atomic E-state index is 0.0924. The van der Waals surface area contributed by atoms with Crippen molar-refractivity contribution in [1.82, 2.24) is 4.90 Å². The van der Waals surface area contributed by atoms with Crippen LogP contribution in [0.25, 0.3) is 0 Å². The Bertz CT molecular complexity index is 1090. The van der Waals surface area contributed by atoms with Gasteiger partial charge in [-0.15, -0.1) is 0 Å². The normalized spacial score (nSPS) is 12.6. The predicted octanol–water partition coefficient (Wildman–Crippen LogP) is 13.8. The first-order valence-electron chi connectivity index (χ1n) is 25.3. The average Bonchev–Trinajstić information content (AvgIpc) is 3.24. The third-order valence-electron chi connectivity index (χ3n) is 11.1. The summed E-state index contributed by atoms with van der Waals surface area (Å²) in [5, 5.41) is 0. The second-order valence-electron chi connectivity index (χ2n) is 17.6. The van der Waals surface area contributed by atoms with E-state index in [-0.39, 0.29) is 44.0 Å². The van der Waals surface area contributed by atoms with Gasteiger partial charge in [-0.2, -0.15) is 0 Å². The highest BCUT2D eigenvalue weighted by Gasteiger charge is 2.20. The molecule has 0 aliphatic carbocycles. The van der Waals surface area contributed by atoms with Crippen molar-refractivity contribution in [1.29, 1.82) is 0 Å². The number of unbranched alkanes of at least 4 members (excludes halogenated alkanes) is 20. The van der Waals surface area contributed by atoms with Crippen LogP contribution in [-0.4, -0.2) is 75.3 Å². The highest BCUT2D eigenvalue weighted by atomic mass is 16.6. The van der Waals surface area contributed by atoms with Gasteiger partial charge in [0.2, 0.25) is 0 Å². The van der Waals surface area contributed by atoms with E-state index in [0.717, 1.165) is 90.0 Å². The first kappa shape index (κ1) is 58.3. The molecule has 0 rings (SSSR count). The summed E-state index contributed by atoms with van der Waals surface area (Å²) in [6, 6.07) is 0. The second kappa shape index (κ2) is 45.3. The monoisotopic (exact) mass is 862 g/mol. The van der Waals surface area contributed by atoms with E-state index in [1.54, 1.807) is 0 Å². The smallest absolute Gasteiger partial charge is 0.306 e. The van der Waals surface area contributed by atoms with Crippen LogP contribution in [0.2, 0.25) is 0 Å². The van der Waals surface area contributed by atoms with Crippen molar-refractivity contribution in [3.63, 3.8) is 0 Å². The largest absolute Gasteiger partial charge is 0.465 e. The van der Waals surface area contributed by atoms with E-state index >= 15 is 0 Å². The minimum atomic E-state index is -0.837. The number of allylic oxidation sites excluding steroid dienone is 4. The lowest BCUT2D eigenvalue weighted by Crippen LogP contribution is -2.31. The Morgan fingerprint density at radius 1 is 0.426 bits per heavy atom. The van der Waals surface area contributed by atoms with E-state index in [1.807, 2.05) is 19.0 Å². The van der Waals surface area contributed by atoms with Crippen molar-refractivity contribution in [2.24, 2.45) is 5.92 Å². The molecule has 0 aliphatic heterocycles. The number of carbonyl (C=O) groups excluding carboxylic acids is 4. The summed E-state index contributed by atoms with van der Waals surface area (Å²) in [6.45, 7) is 7.74. The molecule has 0 bridgehead atoms. The number of nitrogens with zero attached hydrogens (tertiary/aromatic N) is 1. The molecule has 2 unspecified atom stereocenters. The lowest BCUT2D eigenvalue weighted by atomic mass is 9.95. The number of rotatable bonds is 45. The zero-order chi connectivity index (χ0) is 44.9. The van der Waals surface area contributed by atoms with Crippen LogP contribution in [0.3, 0.4) is 0 Å². The molecular formula is C52H95NO8. The van der Waals surface area contributed by atoms with Crippen molar-refractivity contribution in [2.45, 2.75) is 239 Å². The van der Waals surface area contributed by atoms with E-state index in [1.165, 1.54) is 89.9 Å². The maximum absolute atomic E-state index is 12.6. The second-order valence-corrected chi connectivity index (χ2v) is 17.6. The fourth-order valence-corrected chi connectivity index (χ4v) is 7.23. The summed E-state index contributed by atoms with van der Waals surface area (Å²) in [5.41, 5.74) is 0. The van der Waals surface area contributed by atoms with Gasteiger partial charge in [0.05, 0.1) is 6.61 Å². The third kappa shape index (κ3) is 43.8. The van der Waals surface area contributed by atoms with Crippen molar-refractivity contribution in [3.05, 3.63) is 24.3 Å². The molecule has 0 heterocycles. The third-order valence-corrected chi connectivity index (χ3v) is 11.1. The zero-order valence-electron chi connectivity index (χ0n) is 40.3. The van der Waals surface area contributed by atoms with Gasteiger partial charge in [-0.3, -0.25) is 19.2 Å². The molecule has 0 aromatic carbocycles. The fourth-order valence-electron chi connectivity index (χ4n) is 7.23. The number of carbonyl (C=O) groups is 4. The average molecular weight is 862 g/mol. The van der Waals surface area contributed by atoms with Gasteiger partial charge in [-0.25, -0.2) is 0 Å². The van der Waals surface area contributed by atoms with Crippen LogP contribution in [0, 0.1) is 5.92 Å². The summed E-state index contributed by atoms with van der Waals surface area (Å²) in [4.78, 5) is 52.1. The highest BCUT2D eigenvalue weighted by molar-refractivity contribution is 5.71. The summed E-state index contributed by atoms with van der Waals surface area (Å²) in [6.07, 6.45) is 41.5. The molecule has 0 aromatic rings. The topological polar surface area (TPSA) is 108 Å². The molecule has 0 saturated heterocycles. The van der Waals surface area contributed by atoms with Crippen LogP contribution in [0.5, 0.6) is 0 Å². The first-order valence-corrected chi connectivity index (χ1v) is 25.3. The molecule has 0 spiro atoms.